The van der Waals surface area contributed by atoms with E-state index in [9.17, 15) is 4.79 Å². The van der Waals surface area contributed by atoms with Crippen LogP contribution in [0.4, 0.5) is 5.69 Å². The van der Waals surface area contributed by atoms with Gasteiger partial charge in [-0.2, -0.15) is 0 Å². The van der Waals surface area contributed by atoms with Crippen molar-refractivity contribution in [3.8, 4) is 23.0 Å². The molecule has 0 saturated carbocycles. The van der Waals surface area contributed by atoms with E-state index in [2.05, 4.69) is 4.98 Å². The summed E-state index contributed by atoms with van der Waals surface area (Å²) in [5.41, 5.74) is 8.71. The van der Waals surface area contributed by atoms with Gasteiger partial charge < -0.3 is 19.9 Å². The number of benzene rings is 2. The fourth-order valence-electron chi connectivity index (χ4n) is 3.22. The molecule has 0 aliphatic rings. The highest BCUT2D eigenvalue weighted by molar-refractivity contribution is 7.80. The van der Waals surface area contributed by atoms with Crippen LogP contribution in [-0.2, 0) is 4.79 Å². The number of thiocarbonyl (C=S) groups is 1. The summed E-state index contributed by atoms with van der Waals surface area (Å²) >= 11 is 5.04. The van der Waals surface area contributed by atoms with Gasteiger partial charge in [0, 0.05) is 24.6 Å². The van der Waals surface area contributed by atoms with E-state index in [0.717, 1.165) is 16.5 Å². The number of pyridine rings is 1. The highest BCUT2D eigenvalue weighted by Gasteiger charge is 2.19. The van der Waals surface area contributed by atoms with E-state index in [1.807, 2.05) is 32.0 Å². The molecule has 1 amide bonds. The quantitative estimate of drug-likeness (QED) is 0.611. The first-order valence-electron chi connectivity index (χ1n) is 9.16. The van der Waals surface area contributed by atoms with Gasteiger partial charge >= 0.3 is 0 Å². The number of nitrogens with zero attached hydrogens (tertiary/aromatic N) is 2. The average molecular weight is 426 g/mol. The van der Waals surface area contributed by atoms with Gasteiger partial charge in [-0.1, -0.05) is 0 Å². The monoisotopic (exact) mass is 425 g/mol. The number of aromatic nitrogens is 1. The highest BCUT2D eigenvalue weighted by atomic mass is 32.1. The first-order chi connectivity index (χ1) is 14.3. The summed E-state index contributed by atoms with van der Waals surface area (Å²) in [6.45, 7) is 5.18. The van der Waals surface area contributed by atoms with Crippen LogP contribution in [0.1, 0.15) is 18.1 Å². The Morgan fingerprint density at radius 3 is 2.27 bits per heavy atom. The zero-order chi connectivity index (χ0) is 22.0. The summed E-state index contributed by atoms with van der Waals surface area (Å²) in [5.74, 6) is 2.19. The highest BCUT2D eigenvalue weighted by Crippen LogP contribution is 2.38. The number of carbonyl (C=O) groups excluding carboxylic acids is 1. The molecular formula is C22H23N3O4S. The molecule has 2 aromatic carbocycles. The van der Waals surface area contributed by atoms with Crippen LogP contribution in [0, 0.1) is 13.8 Å². The molecule has 0 saturated heterocycles. The normalized spacial score (nSPS) is 10.6. The van der Waals surface area contributed by atoms with Gasteiger partial charge in [0.25, 0.3) is 0 Å². The van der Waals surface area contributed by atoms with Crippen LogP contribution < -0.4 is 24.8 Å². The molecule has 3 aromatic rings. The van der Waals surface area contributed by atoms with Crippen LogP contribution in [0.25, 0.3) is 10.9 Å². The number of ether oxygens (including phenoxy) is 3. The SMILES string of the molecule is COc1cc2nccc(Oc3cc(C)c(N(C(C)=O)C(N)=S)cc3C)c2cc1OC. The molecule has 1 aromatic heterocycles. The number of rotatable bonds is 5. The number of fused-ring (bicyclic) bond motifs is 1. The number of amides is 1. The van der Waals surface area contributed by atoms with Crippen molar-refractivity contribution in [2.24, 2.45) is 5.73 Å². The first kappa shape index (κ1) is 21.3. The molecule has 0 fully saturated rings. The Morgan fingerprint density at radius 2 is 1.67 bits per heavy atom. The molecule has 0 spiro atoms. The molecule has 3 rings (SSSR count). The van der Waals surface area contributed by atoms with Crippen LogP contribution in [0.3, 0.4) is 0 Å². The number of nitrogens with two attached hydrogens (primary N) is 1. The van der Waals surface area contributed by atoms with Gasteiger partial charge in [-0.15, -0.1) is 0 Å². The third kappa shape index (κ3) is 3.99. The smallest absolute Gasteiger partial charge is 0.230 e. The zero-order valence-electron chi connectivity index (χ0n) is 17.5. The second-order valence-corrected chi connectivity index (χ2v) is 7.15. The van der Waals surface area contributed by atoms with Gasteiger partial charge in [-0.25, -0.2) is 0 Å². The van der Waals surface area contributed by atoms with E-state index in [1.165, 1.54) is 11.8 Å². The number of hydrogen-bond donors (Lipinski definition) is 1. The standard InChI is InChI=1S/C22H23N3O4S/c1-12-9-19(13(2)8-17(12)25(14(3)26)22(23)30)29-18-6-7-24-16-11-21(28-5)20(27-4)10-15(16)18/h6-11H,1-5H3,(H2,23,30). The molecule has 0 radical (unpaired) electrons. The Balaban J connectivity index is 2.07. The molecule has 0 aliphatic heterocycles. The molecular weight excluding hydrogens is 402 g/mol. The van der Waals surface area contributed by atoms with Gasteiger partial charge in [0.2, 0.25) is 5.91 Å². The Morgan fingerprint density at radius 1 is 1.00 bits per heavy atom. The molecule has 156 valence electrons. The summed E-state index contributed by atoms with van der Waals surface area (Å²) in [6.07, 6.45) is 1.67. The van der Waals surface area contributed by atoms with Gasteiger partial charge in [0.05, 0.1) is 25.4 Å². The molecule has 0 unspecified atom stereocenters. The Labute approximate surface area is 180 Å². The lowest BCUT2D eigenvalue weighted by Gasteiger charge is -2.23. The summed E-state index contributed by atoms with van der Waals surface area (Å²) in [5, 5.41) is 0.782. The van der Waals surface area contributed by atoms with E-state index in [-0.39, 0.29) is 11.0 Å². The maximum absolute atomic E-state index is 12.0. The Hall–Kier alpha value is -3.39. The van der Waals surface area contributed by atoms with E-state index >= 15 is 0 Å². The molecule has 2 N–H and O–H groups in total. The van der Waals surface area contributed by atoms with Crippen LogP contribution >= 0.6 is 12.2 Å². The minimum absolute atomic E-state index is 0.000150. The molecule has 0 aliphatic carbocycles. The Kier molecular flexibility index (Phi) is 6.07. The zero-order valence-corrected chi connectivity index (χ0v) is 18.3. The molecule has 0 bridgehead atoms. The summed E-state index contributed by atoms with van der Waals surface area (Å²) in [6, 6.07) is 9.10. The predicted octanol–water partition coefficient (Wildman–Crippen LogP) is 4.26. The number of aryl methyl sites for hydroxylation is 2. The summed E-state index contributed by atoms with van der Waals surface area (Å²) in [7, 11) is 3.16. The minimum Gasteiger partial charge on any atom is -0.493 e. The second-order valence-electron chi connectivity index (χ2n) is 6.73. The number of anilines is 1. The van der Waals surface area contributed by atoms with E-state index in [1.54, 1.807) is 32.5 Å². The van der Waals surface area contributed by atoms with Gasteiger partial charge in [-0.05, 0) is 61.5 Å². The fourth-order valence-corrected chi connectivity index (χ4v) is 3.45. The van der Waals surface area contributed by atoms with Crippen molar-refractivity contribution in [3.63, 3.8) is 0 Å². The van der Waals surface area contributed by atoms with Crippen LogP contribution in [0.15, 0.2) is 36.5 Å². The van der Waals surface area contributed by atoms with Gasteiger partial charge in [-0.3, -0.25) is 14.7 Å². The van der Waals surface area contributed by atoms with Crippen LogP contribution in [0.2, 0.25) is 0 Å². The van der Waals surface area contributed by atoms with Crippen molar-refractivity contribution in [1.29, 1.82) is 0 Å². The first-order valence-corrected chi connectivity index (χ1v) is 9.57. The lowest BCUT2D eigenvalue weighted by atomic mass is 10.1. The van der Waals surface area contributed by atoms with Crippen molar-refractivity contribution < 1.29 is 19.0 Å². The van der Waals surface area contributed by atoms with E-state index in [4.69, 9.17) is 32.2 Å². The third-order valence-corrected chi connectivity index (χ3v) is 4.88. The number of carbonyl (C=O) groups is 1. The Bertz CT molecular complexity index is 1130. The lowest BCUT2D eigenvalue weighted by molar-refractivity contribution is -0.115. The van der Waals surface area contributed by atoms with Crippen molar-refractivity contribution in [1.82, 2.24) is 4.98 Å². The minimum atomic E-state index is -0.250. The summed E-state index contributed by atoms with van der Waals surface area (Å²) in [4.78, 5) is 17.7. The third-order valence-electron chi connectivity index (χ3n) is 4.70. The molecule has 7 nitrogen and oxygen atoms in total. The van der Waals surface area contributed by atoms with Gasteiger partial charge in [0.1, 0.15) is 11.5 Å². The van der Waals surface area contributed by atoms with Crippen molar-refractivity contribution >= 4 is 39.8 Å². The molecule has 30 heavy (non-hydrogen) atoms. The van der Waals surface area contributed by atoms with E-state index < -0.39 is 0 Å². The maximum Gasteiger partial charge on any atom is 0.230 e. The van der Waals surface area contributed by atoms with Crippen LogP contribution in [0.5, 0.6) is 23.0 Å². The largest absolute Gasteiger partial charge is 0.493 e. The number of hydrogen-bond acceptors (Lipinski definition) is 6. The van der Waals surface area contributed by atoms with Crippen molar-refractivity contribution in [3.05, 3.63) is 47.7 Å². The van der Waals surface area contributed by atoms with Crippen molar-refractivity contribution in [2.75, 3.05) is 19.1 Å². The van der Waals surface area contributed by atoms with Crippen molar-refractivity contribution in [2.45, 2.75) is 20.8 Å². The van der Waals surface area contributed by atoms with Gasteiger partial charge in [0.15, 0.2) is 16.6 Å². The predicted molar refractivity (Wildman–Crippen MR) is 121 cm³/mol. The van der Waals surface area contributed by atoms with Crippen LogP contribution in [-0.4, -0.2) is 30.2 Å². The molecule has 1 heterocycles. The molecule has 8 heteroatoms. The van der Waals surface area contributed by atoms with E-state index in [0.29, 0.717) is 34.2 Å². The summed E-state index contributed by atoms with van der Waals surface area (Å²) < 4.78 is 17.0. The fraction of sp³-hybridized carbons (Fsp3) is 0.227. The lowest BCUT2D eigenvalue weighted by Crippen LogP contribution is -2.39. The topological polar surface area (TPSA) is 86.9 Å². The molecule has 0 atom stereocenters. The maximum atomic E-state index is 12.0. The second kappa shape index (κ2) is 8.54. The number of methoxy groups -OCH3 is 2. The average Bonchev–Trinajstić information content (AvgIpc) is 2.70.